The second kappa shape index (κ2) is 9.38. The van der Waals surface area contributed by atoms with Gasteiger partial charge in [0.15, 0.2) is 0 Å². The predicted octanol–water partition coefficient (Wildman–Crippen LogP) is 6.68. The Kier molecular flexibility index (Phi) is 6.46. The van der Waals surface area contributed by atoms with Crippen LogP contribution in [0, 0.1) is 11.6 Å². The van der Waals surface area contributed by atoms with Gasteiger partial charge in [0.1, 0.15) is 22.5 Å². The van der Waals surface area contributed by atoms with E-state index in [1.807, 2.05) is 0 Å². The van der Waals surface area contributed by atoms with Crippen molar-refractivity contribution in [3.8, 4) is 22.3 Å². The van der Waals surface area contributed by atoms with Gasteiger partial charge in [0.05, 0.1) is 0 Å². The van der Waals surface area contributed by atoms with Crippen molar-refractivity contribution in [1.29, 1.82) is 0 Å². The number of hydrogen-bond acceptors (Lipinski definition) is 2. The zero-order valence-electron chi connectivity index (χ0n) is 19.7. The molecule has 4 aromatic rings. The van der Waals surface area contributed by atoms with Gasteiger partial charge < -0.3 is 10.2 Å². The summed E-state index contributed by atoms with van der Waals surface area (Å²) in [6, 6.07) is 25.2. The van der Waals surface area contributed by atoms with Crippen LogP contribution < -0.4 is 0 Å². The molecule has 2 unspecified atom stereocenters. The summed E-state index contributed by atoms with van der Waals surface area (Å²) in [5.74, 6) is -4.34. The first kappa shape index (κ1) is 24.8. The van der Waals surface area contributed by atoms with Gasteiger partial charge in [0.2, 0.25) is 0 Å². The van der Waals surface area contributed by atoms with Gasteiger partial charge >= 0.3 is 11.9 Å². The maximum atomic E-state index is 15.2. The molecule has 0 aliphatic rings. The van der Waals surface area contributed by atoms with Crippen molar-refractivity contribution in [3.05, 3.63) is 120 Å². The highest BCUT2D eigenvalue weighted by molar-refractivity contribution is 5.95. The molecule has 6 heteroatoms. The van der Waals surface area contributed by atoms with Crippen molar-refractivity contribution >= 4 is 11.9 Å². The summed E-state index contributed by atoms with van der Waals surface area (Å²) in [5.41, 5.74) is -2.69. The molecule has 0 heterocycles. The summed E-state index contributed by atoms with van der Waals surface area (Å²) in [6.45, 7) is 2.45. The average molecular weight is 487 g/mol. The van der Waals surface area contributed by atoms with Crippen LogP contribution in [-0.4, -0.2) is 22.2 Å². The number of carboxylic acids is 2. The van der Waals surface area contributed by atoms with E-state index in [9.17, 15) is 19.8 Å². The van der Waals surface area contributed by atoms with Crippen molar-refractivity contribution < 1.29 is 28.6 Å². The van der Waals surface area contributed by atoms with E-state index in [1.54, 1.807) is 60.7 Å². The number of carbonyl (C=O) groups is 2. The lowest BCUT2D eigenvalue weighted by Crippen LogP contribution is -2.55. The topological polar surface area (TPSA) is 74.6 Å². The van der Waals surface area contributed by atoms with E-state index in [-0.39, 0.29) is 22.3 Å². The van der Waals surface area contributed by atoms with Gasteiger partial charge in [-0.25, -0.2) is 8.78 Å². The Morgan fingerprint density at radius 3 is 1.19 bits per heavy atom. The Labute approximate surface area is 207 Å². The fraction of sp³-hybridized carbons (Fsp3) is 0.133. The van der Waals surface area contributed by atoms with Crippen LogP contribution in [0.15, 0.2) is 97.1 Å². The minimum absolute atomic E-state index is 0.0513. The molecule has 0 fully saturated rings. The van der Waals surface area contributed by atoms with Crippen molar-refractivity contribution in [2.24, 2.45) is 0 Å². The lowest BCUT2D eigenvalue weighted by molar-refractivity contribution is -0.157. The smallest absolute Gasteiger partial charge is 0.315 e. The third-order valence-corrected chi connectivity index (χ3v) is 7.12. The van der Waals surface area contributed by atoms with Crippen molar-refractivity contribution in [2.75, 3.05) is 0 Å². The van der Waals surface area contributed by atoms with Crippen molar-refractivity contribution in [1.82, 2.24) is 0 Å². The molecule has 0 aliphatic carbocycles. The molecule has 0 spiro atoms. The highest BCUT2D eigenvalue weighted by atomic mass is 19.1. The summed E-state index contributed by atoms with van der Waals surface area (Å²) in [5, 5.41) is 20.7. The van der Waals surface area contributed by atoms with Gasteiger partial charge in [-0.1, -0.05) is 84.9 Å². The summed E-state index contributed by atoms with van der Waals surface area (Å²) in [6.07, 6.45) is 0. The number of aliphatic carboxylic acids is 2. The summed E-state index contributed by atoms with van der Waals surface area (Å²) in [7, 11) is 0. The molecule has 4 nitrogen and oxygen atoms in total. The van der Waals surface area contributed by atoms with Crippen LogP contribution in [0.4, 0.5) is 8.78 Å². The number of benzene rings is 4. The average Bonchev–Trinajstić information content (AvgIpc) is 2.88. The molecule has 2 N–H and O–H groups in total. The van der Waals surface area contributed by atoms with Gasteiger partial charge in [-0.05, 0) is 48.2 Å². The van der Waals surface area contributed by atoms with Gasteiger partial charge in [0, 0.05) is 11.1 Å². The Balaban J connectivity index is 1.87. The molecule has 182 valence electrons. The Morgan fingerprint density at radius 1 is 0.583 bits per heavy atom. The Bertz CT molecular complexity index is 1330. The SMILES string of the molecule is CC(C(=O)O)(c1ccc(-c2ccccc2)c(F)c1)C(C)(C(=O)O)c1ccc(-c2ccccc2)c(F)c1. The molecule has 0 saturated heterocycles. The molecule has 4 rings (SSSR count). The maximum absolute atomic E-state index is 15.2. The molecule has 0 amide bonds. The highest BCUT2D eigenvalue weighted by Crippen LogP contribution is 2.46. The first-order valence-electron chi connectivity index (χ1n) is 11.3. The quantitative estimate of drug-likeness (QED) is 0.305. The van der Waals surface area contributed by atoms with E-state index in [1.165, 1.54) is 38.1 Å². The number of hydrogen-bond donors (Lipinski definition) is 2. The molecule has 0 aromatic heterocycles. The second-order valence-corrected chi connectivity index (χ2v) is 8.98. The van der Waals surface area contributed by atoms with Gasteiger partial charge in [-0.3, -0.25) is 9.59 Å². The minimum Gasteiger partial charge on any atom is -0.481 e. The first-order chi connectivity index (χ1) is 17.1. The fourth-order valence-electron chi connectivity index (χ4n) is 4.61. The molecule has 36 heavy (non-hydrogen) atoms. The monoisotopic (exact) mass is 486 g/mol. The van der Waals surface area contributed by atoms with Crippen LogP contribution in [-0.2, 0) is 20.4 Å². The third-order valence-electron chi connectivity index (χ3n) is 7.12. The zero-order chi connectivity index (χ0) is 26.1. The Morgan fingerprint density at radius 2 is 0.917 bits per heavy atom. The van der Waals surface area contributed by atoms with Crippen LogP contribution in [0.3, 0.4) is 0 Å². The van der Waals surface area contributed by atoms with Gasteiger partial charge in [0.25, 0.3) is 0 Å². The summed E-state index contributed by atoms with van der Waals surface area (Å²) >= 11 is 0. The van der Waals surface area contributed by atoms with E-state index in [4.69, 9.17) is 0 Å². The Hall–Kier alpha value is -4.32. The van der Waals surface area contributed by atoms with Crippen LogP contribution in [0.5, 0.6) is 0 Å². The first-order valence-corrected chi connectivity index (χ1v) is 11.3. The van der Waals surface area contributed by atoms with E-state index in [0.29, 0.717) is 11.1 Å². The summed E-state index contributed by atoms with van der Waals surface area (Å²) in [4.78, 5) is 25.4. The maximum Gasteiger partial charge on any atom is 0.315 e. The molecule has 0 aliphatic heterocycles. The van der Waals surface area contributed by atoms with Crippen LogP contribution in [0.1, 0.15) is 25.0 Å². The lowest BCUT2D eigenvalue weighted by atomic mass is 9.58. The molecular formula is C30H24F2O4. The normalized spacial score (nSPS) is 14.4. The van der Waals surface area contributed by atoms with Gasteiger partial charge in [-0.2, -0.15) is 0 Å². The zero-order valence-corrected chi connectivity index (χ0v) is 19.7. The van der Waals surface area contributed by atoms with Crippen LogP contribution in [0.25, 0.3) is 22.3 Å². The second-order valence-electron chi connectivity index (χ2n) is 8.98. The van der Waals surface area contributed by atoms with E-state index < -0.39 is 34.4 Å². The number of carboxylic acid groups (broad SMARTS) is 2. The number of halogens is 2. The number of rotatable bonds is 7. The molecule has 0 bridgehead atoms. The van der Waals surface area contributed by atoms with E-state index in [2.05, 4.69) is 0 Å². The van der Waals surface area contributed by atoms with Crippen LogP contribution >= 0.6 is 0 Å². The molecule has 0 saturated carbocycles. The minimum atomic E-state index is -2.14. The van der Waals surface area contributed by atoms with Crippen molar-refractivity contribution in [3.63, 3.8) is 0 Å². The summed E-state index contributed by atoms with van der Waals surface area (Å²) < 4.78 is 30.5. The van der Waals surface area contributed by atoms with E-state index >= 15 is 8.78 Å². The standard InChI is InChI=1S/C30H24F2O4/c1-29(27(33)34,21-13-15-23(25(31)17-21)19-9-5-3-6-10-19)30(2,28(35)36)22-14-16-24(26(32)18-22)20-11-7-4-8-12-20/h3-18H,1-2H3,(H,33,34)(H,35,36). The largest absolute Gasteiger partial charge is 0.481 e. The molecule has 2 atom stereocenters. The third kappa shape index (κ3) is 3.94. The molecule has 4 aromatic carbocycles. The highest BCUT2D eigenvalue weighted by Gasteiger charge is 2.58. The predicted molar refractivity (Wildman–Crippen MR) is 134 cm³/mol. The van der Waals surface area contributed by atoms with E-state index in [0.717, 1.165) is 12.1 Å². The van der Waals surface area contributed by atoms with Crippen molar-refractivity contribution in [2.45, 2.75) is 24.7 Å². The van der Waals surface area contributed by atoms with Gasteiger partial charge in [-0.15, -0.1) is 0 Å². The molecular weight excluding hydrogens is 462 g/mol. The fourth-order valence-corrected chi connectivity index (χ4v) is 4.61. The molecule has 0 radical (unpaired) electrons. The lowest BCUT2D eigenvalue weighted by Gasteiger charge is -2.41. The van der Waals surface area contributed by atoms with Crippen LogP contribution in [0.2, 0.25) is 0 Å².